The summed E-state index contributed by atoms with van der Waals surface area (Å²) in [6.45, 7) is 0.777. The lowest BCUT2D eigenvalue weighted by atomic mass is 10.3. The zero-order chi connectivity index (χ0) is 11.9. The lowest BCUT2D eigenvalue weighted by molar-refractivity contribution is 0.473. The first-order chi connectivity index (χ1) is 7.41. The van der Waals surface area contributed by atoms with Gasteiger partial charge in [0.15, 0.2) is 0 Å². The van der Waals surface area contributed by atoms with Crippen molar-refractivity contribution in [3.8, 4) is 0 Å². The Hall–Kier alpha value is 0.440. The zero-order valence-corrected chi connectivity index (χ0v) is 12.6. The molecule has 17 heavy (non-hydrogen) atoms. The summed E-state index contributed by atoms with van der Waals surface area (Å²) >= 11 is 12.6. The summed E-state index contributed by atoms with van der Waals surface area (Å²) in [4.78, 5) is 0.0817. The topological polar surface area (TPSA) is 63.4 Å². The fourth-order valence-corrected chi connectivity index (χ4v) is 5.24. The van der Waals surface area contributed by atoms with Crippen LogP contribution in [0, 0.1) is 0 Å². The molecule has 1 aromatic rings. The smallest absolute Gasteiger partial charge is 0.245 e. The first-order valence-electron chi connectivity index (χ1n) is 4.62. The average molecular weight is 338 g/mol. The molecule has 1 aliphatic rings. The minimum absolute atomic E-state index is 0. The SMILES string of the molecule is Cl.NC1CCN(S(=O)(=O)c2cc(Cl)sc2Cl)C1. The molecule has 98 valence electrons. The Bertz CT molecular complexity index is 503. The molecule has 0 spiro atoms. The molecule has 1 unspecified atom stereocenters. The third kappa shape index (κ3) is 3.07. The fraction of sp³-hybridized carbons (Fsp3) is 0.500. The second kappa shape index (κ2) is 5.61. The highest BCUT2D eigenvalue weighted by Crippen LogP contribution is 2.36. The molecule has 1 fully saturated rings. The van der Waals surface area contributed by atoms with Crippen LogP contribution in [0.25, 0.3) is 0 Å². The van der Waals surface area contributed by atoms with Crippen molar-refractivity contribution in [2.75, 3.05) is 13.1 Å². The van der Waals surface area contributed by atoms with Gasteiger partial charge in [-0.1, -0.05) is 23.2 Å². The maximum atomic E-state index is 12.1. The van der Waals surface area contributed by atoms with Crippen LogP contribution >= 0.6 is 46.9 Å². The minimum atomic E-state index is -3.53. The van der Waals surface area contributed by atoms with E-state index in [-0.39, 0.29) is 27.7 Å². The Morgan fingerprint density at radius 2 is 2.12 bits per heavy atom. The minimum Gasteiger partial charge on any atom is -0.326 e. The maximum Gasteiger partial charge on any atom is 0.245 e. The predicted octanol–water partition coefficient (Wildman–Crippen LogP) is 2.20. The number of sulfonamides is 1. The monoisotopic (exact) mass is 336 g/mol. The zero-order valence-electron chi connectivity index (χ0n) is 8.60. The van der Waals surface area contributed by atoms with Crippen molar-refractivity contribution in [2.24, 2.45) is 5.73 Å². The molecule has 0 saturated carbocycles. The standard InChI is InChI=1S/C8H10Cl2N2O2S2.ClH/c9-7-3-6(8(10)15-7)16(13,14)12-2-1-5(11)4-12;/h3,5H,1-2,4,11H2;1H. The molecule has 0 bridgehead atoms. The summed E-state index contributed by atoms with van der Waals surface area (Å²) in [5.41, 5.74) is 5.68. The van der Waals surface area contributed by atoms with Gasteiger partial charge in [0.25, 0.3) is 0 Å². The highest BCUT2D eigenvalue weighted by molar-refractivity contribution is 7.89. The van der Waals surface area contributed by atoms with E-state index in [1.807, 2.05) is 0 Å². The van der Waals surface area contributed by atoms with Crippen LogP contribution in [-0.2, 0) is 10.0 Å². The quantitative estimate of drug-likeness (QED) is 0.900. The molecule has 0 aromatic carbocycles. The molecule has 0 radical (unpaired) electrons. The highest BCUT2D eigenvalue weighted by atomic mass is 35.5. The lowest BCUT2D eigenvalue weighted by Gasteiger charge is -2.14. The van der Waals surface area contributed by atoms with Gasteiger partial charge in [0, 0.05) is 19.1 Å². The molecule has 1 atom stereocenters. The van der Waals surface area contributed by atoms with Crippen LogP contribution in [-0.4, -0.2) is 31.9 Å². The van der Waals surface area contributed by atoms with Gasteiger partial charge in [-0.3, -0.25) is 0 Å². The van der Waals surface area contributed by atoms with Gasteiger partial charge in [-0.25, -0.2) is 8.42 Å². The molecule has 2 N–H and O–H groups in total. The van der Waals surface area contributed by atoms with Crippen molar-refractivity contribution in [2.45, 2.75) is 17.4 Å². The number of nitrogens with two attached hydrogens (primary N) is 1. The third-order valence-corrected chi connectivity index (χ3v) is 6.05. The molecular formula is C8H11Cl3N2O2S2. The van der Waals surface area contributed by atoms with E-state index >= 15 is 0 Å². The van der Waals surface area contributed by atoms with Gasteiger partial charge in [0.2, 0.25) is 10.0 Å². The Morgan fingerprint density at radius 3 is 2.53 bits per heavy atom. The van der Waals surface area contributed by atoms with Crippen LogP contribution in [0.3, 0.4) is 0 Å². The maximum absolute atomic E-state index is 12.1. The Kier molecular flexibility index (Phi) is 5.11. The van der Waals surface area contributed by atoms with Gasteiger partial charge in [0.05, 0.1) is 4.34 Å². The van der Waals surface area contributed by atoms with Crippen molar-refractivity contribution in [3.05, 3.63) is 14.7 Å². The first-order valence-corrected chi connectivity index (χ1v) is 7.63. The van der Waals surface area contributed by atoms with E-state index in [4.69, 9.17) is 28.9 Å². The normalized spacial score (nSPS) is 21.5. The predicted molar refractivity (Wildman–Crippen MR) is 72.9 cm³/mol. The average Bonchev–Trinajstić information content (AvgIpc) is 2.73. The van der Waals surface area contributed by atoms with E-state index in [1.54, 1.807) is 0 Å². The summed E-state index contributed by atoms with van der Waals surface area (Å²) in [5, 5.41) is 0. The number of nitrogens with zero attached hydrogens (tertiary/aromatic N) is 1. The van der Waals surface area contributed by atoms with E-state index in [0.29, 0.717) is 23.8 Å². The molecule has 1 aliphatic heterocycles. The van der Waals surface area contributed by atoms with Crippen molar-refractivity contribution >= 4 is 57.0 Å². The first kappa shape index (κ1) is 15.5. The number of hydrogen-bond acceptors (Lipinski definition) is 4. The van der Waals surface area contributed by atoms with Gasteiger partial charge < -0.3 is 5.73 Å². The molecule has 1 aromatic heterocycles. The van der Waals surface area contributed by atoms with E-state index in [1.165, 1.54) is 10.4 Å². The van der Waals surface area contributed by atoms with Crippen LogP contribution in [0.15, 0.2) is 11.0 Å². The summed E-state index contributed by atoms with van der Waals surface area (Å²) in [6, 6.07) is 1.29. The number of halogens is 3. The highest BCUT2D eigenvalue weighted by Gasteiger charge is 2.33. The Morgan fingerprint density at radius 1 is 1.47 bits per heavy atom. The summed E-state index contributed by atoms with van der Waals surface area (Å²) in [5.74, 6) is 0. The lowest BCUT2D eigenvalue weighted by Crippen LogP contribution is -2.31. The second-order valence-electron chi connectivity index (χ2n) is 3.60. The van der Waals surface area contributed by atoms with Crippen LogP contribution in [0.2, 0.25) is 8.67 Å². The van der Waals surface area contributed by atoms with Crippen molar-refractivity contribution in [3.63, 3.8) is 0 Å². The molecule has 2 heterocycles. The number of hydrogen-bond donors (Lipinski definition) is 1. The summed E-state index contributed by atoms with van der Waals surface area (Å²) in [7, 11) is -3.53. The fourth-order valence-electron chi connectivity index (χ4n) is 1.61. The van der Waals surface area contributed by atoms with E-state index in [0.717, 1.165) is 11.3 Å². The molecule has 1 saturated heterocycles. The van der Waals surface area contributed by atoms with Gasteiger partial charge >= 0.3 is 0 Å². The van der Waals surface area contributed by atoms with Crippen LogP contribution in [0.1, 0.15) is 6.42 Å². The van der Waals surface area contributed by atoms with E-state index in [9.17, 15) is 8.42 Å². The summed E-state index contributed by atoms with van der Waals surface area (Å²) in [6.07, 6.45) is 0.675. The Balaban J connectivity index is 0.00000144. The van der Waals surface area contributed by atoms with Crippen molar-refractivity contribution < 1.29 is 8.42 Å². The Labute approximate surface area is 120 Å². The molecule has 0 amide bonds. The van der Waals surface area contributed by atoms with Crippen molar-refractivity contribution in [1.82, 2.24) is 4.31 Å². The van der Waals surface area contributed by atoms with Gasteiger partial charge in [-0.2, -0.15) is 4.31 Å². The summed E-state index contributed by atoms with van der Waals surface area (Å²) < 4.78 is 26.2. The van der Waals surface area contributed by atoms with Gasteiger partial charge in [-0.05, 0) is 12.5 Å². The van der Waals surface area contributed by atoms with Gasteiger partial charge in [-0.15, -0.1) is 23.7 Å². The largest absolute Gasteiger partial charge is 0.326 e. The molecule has 2 rings (SSSR count). The van der Waals surface area contributed by atoms with Crippen LogP contribution < -0.4 is 5.73 Å². The van der Waals surface area contributed by atoms with Crippen molar-refractivity contribution in [1.29, 1.82) is 0 Å². The van der Waals surface area contributed by atoms with E-state index < -0.39 is 10.0 Å². The van der Waals surface area contributed by atoms with E-state index in [2.05, 4.69) is 0 Å². The molecule has 9 heteroatoms. The molecule has 0 aliphatic carbocycles. The second-order valence-corrected chi connectivity index (χ2v) is 7.79. The molecular weight excluding hydrogens is 327 g/mol. The van der Waals surface area contributed by atoms with Gasteiger partial charge in [0.1, 0.15) is 9.23 Å². The number of rotatable bonds is 2. The number of thiophene rings is 1. The molecule has 4 nitrogen and oxygen atoms in total. The van der Waals surface area contributed by atoms with Crippen LogP contribution in [0.4, 0.5) is 0 Å². The van der Waals surface area contributed by atoms with Crippen LogP contribution in [0.5, 0.6) is 0 Å². The third-order valence-electron chi connectivity index (χ3n) is 2.43.